The van der Waals surface area contributed by atoms with Crippen LogP contribution < -0.4 is 10.4 Å². The van der Waals surface area contributed by atoms with E-state index in [0.29, 0.717) is 11.3 Å². The van der Waals surface area contributed by atoms with Crippen molar-refractivity contribution in [2.45, 2.75) is 6.92 Å². The lowest BCUT2D eigenvalue weighted by Gasteiger charge is -2.03. The zero-order chi connectivity index (χ0) is 15.4. The average Bonchev–Trinajstić information content (AvgIpc) is 2.44. The molecule has 0 bridgehead atoms. The summed E-state index contributed by atoms with van der Waals surface area (Å²) in [5.41, 5.74) is -0.557. The molecule has 1 aromatic heterocycles. The van der Waals surface area contributed by atoms with E-state index in [0.717, 1.165) is 0 Å². The van der Waals surface area contributed by atoms with Crippen molar-refractivity contribution in [1.29, 1.82) is 0 Å². The Hall–Kier alpha value is -2.82. The van der Waals surface area contributed by atoms with E-state index in [4.69, 9.17) is 9.15 Å². The van der Waals surface area contributed by atoms with E-state index >= 15 is 0 Å². The number of methoxy groups -OCH3 is 1. The van der Waals surface area contributed by atoms with Crippen LogP contribution in [0.15, 0.2) is 45.6 Å². The Bertz CT molecular complexity index is 756. The zero-order valence-electron chi connectivity index (χ0n) is 11.6. The number of rotatable bonds is 4. The van der Waals surface area contributed by atoms with Gasteiger partial charge in [-0.1, -0.05) is 18.2 Å². The van der Waals surface area contributed by atoms with Gasteiger partial charge < -0.3 is 14.3 Å². The number of allylic oxidation sites excluding steroid dienone is 1. The minimum atomic E-state index is -0.859. The number of carbonyl (C=O) groups excluding carboxylic acids is 1. The van der Waals surface area contributed by atoms with Crippen molar-refractivity contribution in [2.24, 2.45) is 0 Å². The Morgan fingerprint density at radius 2 is 2.05 bits per heavy atom. The zero-order valence-corrected chi connectivity index (χ0v) is 11.6. The molecule has 1 heterocycles. The topological polar surface area (TPSA) is 76.7 Å². The van der Waals surface area contributed by atoms with Crippen LogP contribution in [-0.4, -0.2) is 18.0 Å². The largest absolute Gasteiger partial charge is 0.507 e. The van der Waals surface area contributed by atoms with Crippen LogP contribution in [0.4, 0.5) is 0 Å². The van der Waals surface area contributed by atoms with Crippen LogP contribution in [0.5, 0.6) is 11.5 Å². The molecule has 5 heteroatoms. The predicted octanol–water partition coefficient (Wildman–Crippen LogP) is 2.56. The lowest BCUT2D eigenvalue weighted by atomic mass is 10.1. The van der Waals surface area contributed by atoms with Gasteiger partial charge in [-0.05, 0) is 25.1 Å². The van der Waals surface area contributed by atoms with Gasteiger partial charge in [-0.15, -0.1) is 0 Å². The summed E-state index contributed by atoms with van der Waals surface area (Å²) in [4.78, 5) is 23.7. The fourth-order valence-electron chi connectivity index (χ4n) is 1.88. The number of hydrogen-bond donors (Lipinski definition) is 1. The Morgan fingerprint density at radius 1 is 1.33 bits per heavy atom. The van der Waals surface area contributed by atoms with Crippen LogP contribution in [0, 0.1) is 6.92 Å². The summed E-state index contributed by atoms with van der Waals surface area (Å²) >= 11 is 0. The summed E-state index contributed by atoms with van der Waals surface area (Å²) in [6.45, 7) is 1.51. The Labute approximate surface area is 121 Å². The normalized spacial score (nSPS) is 10.8. The highest BCUT2D eigenvalue weighted by Gasteiger charge is 2.15. The van der Waals surface area contributed by atoms with Gasteiger partial charge in [0.1, 0.15) is 22.8 Å². The lowest BCUT2D eigenvalue weighted by Crippen LogP contribution is -2.12. The van der Waals surface area contributed by atoms with Crippen LogP contribution in [0.1, 0.15) is 21.7 Å². The van der Waals surface area contributed by atoms with Gasteiger partial charge in [0.25, 0.3) is 0 Å². The molecule has 0 spiro atoms. The molecule has 2 rings (SSSR count). The SMILES string of the molecule is COc1ccccc1C=CC(=O)c1c(O)cc(C)oc1=O. The lowest BCUT2D eigenvalue weighted by molar-refractivity contribution is 0.104. The molecule has 0 fully saturated rings. The van der Waals surface area contributed by atoms with E-state index in [1.165, 1.54) is 32.3 Å². The van der Waals surface area contributed by atoms with Crippen molar-refractivity contribution in [3.63, 3.8) is 0 Å². The first-order valence-electron chi connectivity index (χ1n) is 6.22. The third-order valence-electron chi connectivity index (χ3n) is 2.85. The van der Waals surface area contributed by atoms with Crippen molar-refractivity contribution in [3.8, 4) is 11.5 Å². The van der Waals surface area contributed by atoms with Gasteiger partial charge in [0.05, 0.1) is 7.11 Å². The second-order valence-electron chi connectivity index (χ2n) is 4.34. The Kier molecular flexibility index (Phi) is 4.23. The molecule has 0 aliphatic rings. The highest BCUT2D eigenvalue weighted by atomic mass is 16.5. The van der Waals surface area contributed by atoms with Crippen LogP contribution >= 0.6 is 0 Å². The molecule has 0 saturated carbocycles. The molecular weight excluding hydrogens is 272 g/mol. The van der Waals surface area contributed by atoms with Crippen molar-refractivity contribution in [3.05, 3.63) is 63.7 Å². The van der Waals surface area contributed by atoms with Crippen molar-refractivity contribution >= 4 is 11.9 Å². The molecule has 5 nitrogen and oxygen atoms in total. The van der Waals surface area contributed by atoms with Gasteiger partial charge in [-0.2, -0.15) is 0 Å². The molecule has 0 radical (unpaired) electrons. The summed E-state index contributed by atoms with van der Waals surface area (Å²) in [6.07, 6.45) is 2.71. The molecule has 2 aromatic rings. The average molecular weight is 286 g/mol. The number of benzene rings is 1. The second kappa shape index (κ2) is 6.09. The van der Waals surface area contributed by atoms with Crippen molar-refractivity contribution in [1.82, 2.24) is 0 Å². The van der Waals surface area contributed by atoms with Crippen LogP contribution in [0.25, 0.3) is 6.08 Å². The third kappa shape index (κ3) is 3.20. The van der Waals surface area contributed by atoms with Gasteiger partial charge in [0.2, 0.25) is 0 Å². The molecule has 0 amide bonds. The van der Waals surface area contributed by atoms with E-state index in [-0.39, 0.29) is 11.3 Å². The maximum absolute atomic E-state index is 12.0. The molecule has 21 heavy (non-hydrogen) atoms. The summed E-state index contributed by atoms with van der Waals surface area (Å²) in [6, 6.07) is 8.34. The molecule has 0 atom stereocenters. The highest BCUT2D eigenvalue weighted by molar-refractivity contribution is 6.08. The molecule has 0 saturated heterocycles. The quantitative estimate of drug-likeness (QED) is 0.690. The second-order valence-corrected chi connectivity index (χ2v) is 4.34. The minimum Gasteiger partial charge on any atom is -0.507 e. The van der Waals surface area contributed by atoms with Crippen molar-refractivity contribution < 1.29 is 19.1 Å². The molecule has 0 aliphatic heterocycles. The first-order valence-corrected chi connectivity index (χ1v) is 6.22. The van der Waals surface area contributed by atoms with Crippen LogP contribution in [-0.2, 0) is 0 Å². The molecule has 1 N–H and O–H groups in total. The molecule has 0 unspecified atom stereocenters. The van der Waals surface area contributed by atoms with Gasteiger partial charge in [0, 0.05) is 11.6 Å². The number of hydrogen-bond acceptors (Lipinski definition) is 5. The van der Waals surface area contributed by atoms with E-state index in [9.17, 15) is 14.7 Å². The Morgan fingerprint density at radius 3 is 2.71 bits per heavy atom. The van der Waals surface area contributed by atoms with Crippen LogP contribution in [0.3, 0.4) is 0 Å². The summed E-state index contributed by atoms with van der Waals surface area (Å²) in [5.74, 6) is -0.185. The first kappa shape index (κ1) is 14.6. The first-order chi connectivity index (χ1) is 10.0. The standard InChI is InChI=1S/C16H14O5/c1-10-9-13(18)15(16(19)21-10)12(17)8-7-11-5-3-4-6-14(11)20-2/h3-9,18H,1-2H3. The summed E-state index contributed by atoms with van der Waals surface area (Å²) < 4.78 is 9.97. The van der Waals surface area contributed by atoms with Gasteiger partial charge in [-0.25, -0.2) is 4.79 Å². The Balaban J connectivity index is 2.34. The smallest absolute Gasteiger partial charge is 0.351 e. The summed E-state index contributed by atoms with van der Waals surface area (Å²) in [5, 5.41) is 9.70. The molecular formula is C16H14O5. The third-order valence-corrected chi connectivity index (χ3v) is 2.85. The van der Waals surface area contributed by atoms with E-state index in [1.807, 2.05) is 0 Å². The number of aryl methyl sites for hydroxylation is 1. The van der Waals surface area contributed by atoms with Crippen molar-refractivity contribution in [2.75, 3.05) is 7.11 Å². The minimum absolute atomic E-state index is 0.239. The summed E-state index contributed by atoms with van der Waals surface area (Å²) in [7, 11) is 1.52. The highest BCUT2D eigenvalue weighted by Crippen LogP contribution is 2.20. The van der Waals surface area contributed by atoms with Gasteiger partial charge in [-0.3, -0.25) is 4.79 Å². The molecule has 108 valence electrons. The number of para-hydroxylation sites is 1. The fraction of sp³-hybridized carbons (Fsp3) is 0.125. The van der Waals surface area contributed by atoms with Gasteiger partial charge in [0.15, 0.2) is 5.78 Å². The number of ketones is 1. The predicted molar refractivity (Wildman–Crippen MR) is 77.7 cm³/mol. The molecule has 1 aromatic carbocycles. The van der Waals surface area contributed by atoms with E-state index in [2.05, 4.69) is 0 Å². The van der Waals surface area contributed by atoms with Gasteiger partial charge >= 0.3 is 5.63 Å². The maximum atomic E-state index is 12.0. The molecule has 0 aliphatic carbocycles. The maximum Gasteiger partial charge on any atom is 0.351 e. The number of ether oxygens (including phenoxy) is 1. The van der Waals surface area contributed by atoms with Crippen LogP contribution in [0.2, 0.25) is 0 Å². The number of carbonyl (C=O) groups is 1. The number of aromatic hydroxyl groups is 1. The van der Waals surface area contributed by atoms with E-state index < -0.39 is 17.2 Å². The monoisotopic (exact) mass is 286 g/mol. The fourth-order valence-corrected chi connectivity index (χ4v) is 1.88. The van der Waals surface area contributed by atoms with E-state index in [1.54, 1.807) is 24.3 Å².